The zero-order chi connectivity index (χ0) is 9.24. The molecule has 0 N–H and O–H groups in total. The molecule has 1 rings (SSSR count). The van der Waals surface area contributed by atoms with E-state index in [2.05, 4.69) is 6.58 Å². The molecule has 2 nitrogen and oxygen atoms in total. The predicted molar refractivity (Wildman–Crippen MR) is 45.9 cm³/mol. The Hall–Kier alpha value is -0.900. The molecule has 0 heterocycles. The molecular weight excluding hydrogens is 179 g/mol. The molecule has 0 aromatic carbocycles. The normalized spacial score (nSPS) is 28.8. The van der Waals surface area contributed by atoms with E-state index in [0.29, 0.717) is 0 Å². The van der Waals surface area contributed by atoms with Crippen LogP contribution in [0.2, 0.25) is 0 Å². The summed E-state index contributed by atoms with van der Waals surface area (Å²) in [6.07, 6.45) is 7.30. The molecule has 1 unspecified atom stereocenters. The minimum atomic E-state index is -4.59. The fourth-order valence-electron chi connectivity index (χ4n) is 1.05. The van der Waals surface area contributed by atoms with Crippen molar-refractivity contribution in [2.24, 2.45) is 0 Å². The van der Waals surface area contributed by atoms with Gasteiger partial charge in [0.1, 0.15) is 4.75 Å². The van der Waals surface area contributed by atoms with Gasteiger partial charge >= 0.3 is 10.2 Å². The minimum Gasteiger partial charge on any atom is -0.194 e. The summed E-state index contributed by atoms with van der Waals surface area (Å²) in [5.74, 6) is 0. The maximum atomic E-state index is 12.7. The van der Waals surface area contributed by atoms with E-state index in [1.165, 1.54) is 12.2 Å². The molecule has 0 saturated heterocycles. The van der Waals surface area contributed by atoms with Gasteiger partial charge in [-0.2, -0.15) is 8.42 Å². The van der Waals surface area contributed by atoms with Crippen molar-refractivity contribution in [1.29, 1.82) is 0 Å². The molecule has 1 aliphatic carbocycles. The molecule has 0 aromatic rings. The zero-order valence-electron chi connectivity index (χ0n) is 6.40. The van der Waals surface area contributed by atoms with Crippen LogP contribution in [0.3, 0.4) is 0 Å². The summed E-state index contributed by atoms with van der Waals surface area (Å²) in [6.45, 7) is 3.32. The quantitative estimate of drug-likeness (QED) is 0.488. The second-order valence-electron chi connectivity index (χ2n) is 2.59. The largest absolute Gasteiger partial charge is 0.315 e. The first-order valence-electron chi connectivity index (χ1n) is 3.44. The monoisotopic (exact) mass is 188 g/mol. The predicted octanol–water partition coefficient (Wildman–Crippen LogP) is 1.73. The van der Waals surface area contributed by atoms with Crippen LogP contribution in [0.4, 0.5) is 3.89 Å². The molecule has 0 amide bonds. The van der Waals surface area contributed by atoms with Crippen LogP contribution in [0.25, 0.3) is 0 Å². The standard InChI is InChI=1S/C8H9FO2S/c1-2-8(12(9,10)11)6-4-3-5-7-8/h2-6H,1,7H2. The Morgan fingerprint density at radius 3 is 2.42 bits per heavy atom. The van der Waals surface area contributed by atoms with E-state index in [1.807, 2.05) is 0 Å². The second-order valence-corrected chi connectivity index (χ2v) is 4.22. The smallest absolute Gasteiger partial charge is 0.194 e. The maximum absolute atomic E-state index is 12.7. The van der Waals surface area contributed by atoms with Gasteiger partial charge in [-0.05, 0) is 6.42 Å². The van der Waals surface area contributed by atoms with E-state index in [4.69, 9.17) is 0 Å². The summed E-state index contributed by atoms with van der Waals surface area (Å²) in [5, 5.41) is 0. The summed E-state index contributed by atoms with van der Waals surface area (Å²) < 4.78 is 32.6. The Labute approximate surface area is 71.3 Å². The number of allylic oxidation sites excluding steroid dienone is 3. The van der Waals surface area contributed by atoms with E-state index < -0.39 is 15.0 Å². The molecule has 66 valence electrons. The second kappa shape index (κ2) is 2.86. The van der Waals surface area contributed by atoms with Crippen LogP contribution in [0.5, 0.6) is 0 Å². The van der Waals surface area contributed by atoms with Crippen molar-refractivity contribution >= 4 is 10.2 Å². The lowest BCUT2D eigenvalue weighted by Crippen LogP contribution is -2.31. The molecule has 0 fully saturated rings. The van der Waals surface area contributed by atoms with E-state index in [-0.39, 0.29) is 6.42 Å². The number of hydrogen-bond acceptors (Lipinski definition) is 2. The highest BCUT2D eigenvalue weighted by Crippen LogP contribution is 2.29. The fourth-order valence-corrected chi connectivity index (χ4v) is 1.78. The molecule has 0 bridgehead atoms. The lowest BCUT2D eigenvalue weighted by Gasteiger charge is -2.21. The van der Waals surface area contributed by atoms with Crippen LogP contribution < -0.4 is 0 Å². The van der Waals surface area contributed by atoms with E-state index in [9.17, 15) is 12.3 Å². The maximum Gasteiger partial charge on any atom is 0.315 e. The first kappa shape index (κ1) is 9.19. The highest BCUT2D eigenvalue weighted by Gasteiger charge is 2.38. The molecule has 0 spiro atoms. The summed E-state index contributed by atoms with van der Waals surface area (Å²) in [6, 6.07) is 0. The van der Waals surface area contributed by atoms with Gasteiger partial charge in [0.25, 0.3) is 0 Å². The van der Waals surface area contributed by atoms with Crippen LogP contribution in [0.1, 0.15) is 6.42 Å². The van der Waals surface area contributed by atoms with Gasteiger partial charge in [-0.15, -0.1) is 10.5 Å². The summed E-state index contributed by atoms with van der Waals surface area (Å²) in [7, 11) is -4.59. The Bertz CT molecular complexity index is 340. The molecule has 0 saturated carbocycles. The van der Waals surface area contributed by atoms with Gasteiger partial charge in [0, 0.05) is 0 Å². The van der Waals surface area contributed by atoms with Crippen LogP contribution >= 0.6 is 0 Å². The molecule has 0 aliphatic heterocycles. The fraction of sp³-hybridized carbons (Fsp3) is 0.250. The Morgan fingerprint density at radius 2 is 2.17 bits per heavy atom. The highest BCUT2D eigenvalue weighted by molar-refractivity contribution is 7.88. The van der Waals surface area contributed by atoms with Crippen molar-refractivity contribution < 1.29 is 12.3 Å². The topological polar surface area (TPSA) is 34.1 Å². The van der Waals surface area contributed by atoms with Crippen molar-refractivity contribution in [3.63, 3.8) is 0 Å². The van der Waals surface area contributed by atoms with Crippen LogP contribution in [0.15, 0.2) is 37.0 Å². The minimum absolute atomic E-state index is 0.117. The van der Waals surface area contributed by atoms with Gasteiger partial charge in [-0.25, -0.2) is 0 Å². The summed E-state index contributed by atoms with van der Waals surface area (Å²) in [4.78, 5) is 0. The van der Waals surface area contributed by atoms with Gasteiger partial charge in [0.2, 0.25) is 0 Å². The van der Waals surface area contributed by atoms with Crippen molar-refractivity contribution in [3.05, 3.63) is 37.0 Å². The average Bonchev–Trinajstić information content (AvgIpc) is 2.04. The third-order valence-corrected chi connectivity index (χ3v) is 3.24. The van der Waals surface area contributed by atoms with E-state index in [1.54, 1.807) is 12.2 Å². The molecule has 4 heteroatoms. The van der Waals surface area contributed by atoms with Crippen LogP contribution in [0, 0.1) is 0 Å². The highest BCUT2D eigenvalue weighted by atomic mass is 32.3. The van der Waals surface area contributed by atoms with Crippen molar-refractivity contribution in [1.82, 2.24) is 0 Å². The van der Waals surface area contributed by atoms with Gasteiger partial charge in [0.15, 0.2) is 0 Å². The van der Waals surface area contributed by atoms with E-state index in [0.717, 1.165) is 6.08 Å². The summed E-state index contributed by atoms with van der Waals surface area (Å²) >= 11 is 0. The third kappa shape index (κ3) is 1.34. The first-order valence-corrected chi connectivity index (χ1v) is 4.82. The van der Waals surface area contributed by atoms with Gasteiger partial charge in [0.05, 0.1) is 0 Å². The third-order valence-electron chi connectivity index (χ3n) is 1.86. The lowest BCUT2D eigenvalue weighted by molar-refractivity contribution is 0.527. The Kier molecular flexibility index (Phi) is 2.19. The Morgan fingerprint density at radius 1 is 1.50 bits per heavy atom. The average molecular weight is 188 g/mol. The molecular formula is C8H9FO2S. The van der Waals surface area contributed by atoms with Crippen molar-refractivity contribution in [2.75, 3.05) is 0 Å². The van der Waals surface area contributed by atoms with Gasteiger partial charge in [-0.1, -0.05) is 30.4 Å². The molecule has 0 radical (unpaired) electrons. The number of hydrogen-bond donors (Lipinski definition) is 0. The molecule has 1 atom stereocenters. The lowest BCUT2D eigenvalue weighted by atomic mass is 10.0. The Balaban J connectivity index is 3.17. The summed E-state index contributed by atoms with van der Waals surface area (Å²) in [5.41, 5.74) is 0. The van der Waals surface area contributed by atoms with Crippen molar-refractivity contribution in [3.8, 4) is 0 Å². The van der Waals surface area contributed by atoms with E-state index >= 15 is 0 Å². The number of rotatable bonds is 2. The van der Waals surface area contributed by atoms with Gasteiger partial charge in [-0.3, -0.25) is 0 Å². The number of halogens is 1. The molecule has 1 aliphatic rings. The zero-order valence-corrected chi connectivity index (χ0v) is 7.22. The molecule has 12 heavy (non-hydrogen) atoms. The first-order chi connectivity index (χ1) is 5.52. The molecule has 0 aromatic heterocycles. The SMILES string of the molecule is C=CC1(S(=O)(=O)F)C=CC=CC1. The van der Waals surface area contributed by atoms with Crippen LogP contribution in [-0.2, 0) is 10.2 Å². The van der Waals surface area contributed by atoms with Crippen LogP contribution in [-0.4, -0.2) is 13.2 Å². The van der Waals surface area contributed by atoms with Gasteiger partial charge < -0.3 is 0 Å². The van der Waals surface area contributed by atoms with Crippen molar-refractivity contribution in [2.45, 2.75) is 11.2 Å².